The zero-order valence-corrected chi connectivity index (χ0v) is 12.0. The summed E-state index contributed by atoms with van der Waals surface area (Å²) < 4.78 is 34.9. The van der Waals surface area contributed by atoms with Crippen molar-refractivity contribution >= 4 is 22.7 Å². The zero-order chi connectivity index (χ0) is 15.8. The van der Waals surface area contributed by atoms with Gasteiger partial charge in [0, 0.05) is 6.61 Å². The molecule has 118 valence electrons. The highest BCUT2D eigenvalue weighted by Crippen LogP contribution is 2.29. The fourth-order valence-electron chi connectivity index (χ4n) is 2.66. The van der Waals surface area contributed by atoms with E-state index in [9.17, 15) is 8.78 Å². The number of ether oxygens (including phenoxy) is 1. The highest BCUT2D eigenvalue weighted by molar-refractivity contribution is 5.85. The second kappa shape index (κ2) is 5.54. The molecule has 3 heterocycles. The van der Waals surface area contributed by atoms with Crippen LogP contribution in [0.4, 0.5) is 20.3 Å². The van der Waals surface area contributed by atoms with E-state index < -0.39 is 11.9 Å². The van der Waals surface area contributed by atoms with Gasteiger partial charge in [-0.25, -0.2) is 9.37 Å². The highest BCUT2D eigenvalue weighted by atomic mass is 19.1. The minimum atomic E-state index is -0.906. The molecule has 23 heavy (non-hydrogen) atoms. The van der Waals surface area contributed by atoms with Gasteiger partial charge in [0.1, 0.15) is 12.0 Å². The molecular formula is C15H13F2N5O. The van der Waals surface area contributed by atoms with Gasteiger partial charge in [0.15, 0.2) is 17.0 Å². The maximum atomic E-state index is 13.8. The summed E-state index contributed by atoms with van der Waals surface area (Å²) in [6, 6.07) is 6.09. The number of hydrogen-bond donors (Lipinski definition) is 1. The van der Waals surface area contributed by atoms with Crippen LogP contribution in [0.2, 0.25) is 0 Å². The molecule has 0 spiro atoms. The topological polar surface area (TPSA) is 64.9 Å². The lowest BCUT2D eigenvalue weighted by Gasteiger charge is -2.12. The van der Waals surface area contributed by atoms with Crippen molar-refractivity contribution in [3.63, 3.8) is 0 Å². The molecule has 1 atom stereocenters. The van der Waals surface area contributed by atoms with Crippen molar-refractivity contribution in [1.29, 1.82) is 0 Å². The van der Waals surface area contributed by atoms with Crippen molar-refractivity contribution in [2.75, 3.05) is 11.9 Å². The average Bonchev–Trinajstić information content (AvgIpc) is 3.18. The van der Waals surface area contributed by atoms with Crippen LogP contribution >= 0.6 is 0 Å². The third-order valence-electron chi connectivity index (χ3n) is 3.74. The van der Waals surface area contributed by atoms with Gasteiger partial charge in [-0.05, 0) is 25.0 Å². The predicted molar refractivity (Wildman–Crippen MR) is 79.2 cm³/mol. The van der Waals surface area contributed by atoms with Gasteiger partial charge in [0.25, 0.3) is 0 Å². The van der Waals surface area contributed by atoms with Crippen molar-refractivity contribution in [2.24, 2.45) is 0 Å². The third kappa shape index (κ3) is 2.50. The lowest BCUT2D eigenvalue weighted by atomic mass is 10.3. The molecule has 1 aliphatic heterocycles. The molecule has 1 saturated heterocycles. The van der Waals surface area contributed by atoms with Gasteiger partial charge in [-0.3, -0.25) is 4.57 Å². The van der Waals surface area contributed by atoms with Crippen molar-refractivity contribution < 1.29 is 13.5 Å². The summed E-state index contributed by atoms with van der Waals surface area (Å²) in [7, 11) is 0. The fraction of sp³-hybridized carbons (Fsp3) is 0.267. The molecule has 0 amide bonds. The normalized spacial score (nSPS) is 17.7. The van der Waals surface area contributed by atoms with Crippen molar-refractivity contribution in [3.8, 4) is 0 Å². The molecule has 0 radical (unpaired) electrons. The summed E-state index contributed by atoms with van der Waals surface area (Å²) in [6.45, 7) is 0.651. The first-order chi connectivity index (χ1) is 11.2. The number of aromatic nitrogens is 4. The molecule has 1 aliphatic rings. The van der Waals surface area contributed by atoms with Crippen LogP contribution in [0.1, 0.15) is 19.1 Å². The Morgan fingerprint density at radius 1 is 1.22 bits per heavy atom. The molecule has 1 N–H and O–H groups in total. The number of imidazole rings is 1. The van der Waals surface area contributed by atoms with E-state index in [0.717, 1.165) is 12.8 Å². The second-order valence-corrected chi connectivity index (χ2v) is 5.24. The molecule has 1 aromatic carbocycles. The van der Waals surface area contributed by atoms with Crippen molar-refractivity contribution in [3.05, 3.63) is 42.5 Å². The van der Waals surface area contributed by atoms with E-state index in [0.29, 0.717) is 17.8 Å². The Balaban J connectivity index is 1.79. The summed E-state index contributed by atoms with van der Waals surface area (Å²) in [5.41, 5.74) is 0.881. The first-order valence-corrected chi connectivity index (χ1v) is 7.25. The lowest BCUT2D eigenvalue weighted by molar-refractivity contribution is 0.0592. The van der Waals surface area contributed by atoms with Gasteiger partial charge in [-0.2, -0.15) is 14.4 Å². The molecule has 0 bridgehead atoms. The van der Waals surface area contributed by atoms with Crippen LogP contribution in [-0.4, -0.2) is 26.1 Å². The van der Waals surface area contributed by atoms with E-state index in [1.54, 1.807) is 23.0 Å². The molecule has 6 nitrogen and oxygen atoms in total. The number of nitrogens with zero attached hydrogens (tertiary/aromatic N) is 4. The number of hydrogen-bond acceptors (Lipinski definition) is 5. The summed E-state index contributed by atoms with van der Waals surface area (Å²) in [6.07, 6.45) is 2.17. The summed E-state index contributed by atoms with van der Waals surface area (Å²) >= 11 is 0. The molecule has 1 fully saturated rings. The SMILES string of the molecule is Fc1nc(Nc2ccccc2F)c2ncn(C3CCCO3)c2n1. The number of nitrogens with one attached hydrogen (secondary N) is 1. The zero-order valence-electron chi connectivity index (χ0n) is 12.0. The Bertz CT molecular complexity index is 860. The second-order valence-electron chi connectivity index (χ2n) is 5.24. The number of benzene rings is 1. The minimum Gasteiger partial charge on any atom is -0.358 e. The van der Waals surface area contributed by atoms with E-state index in [1.807, 2.05) is 0 Å². The van der Waals surface area contributed by atoms with E-state index in [1.165, 1.54) is 12.1 Å². The number of anilines is 2. The molecular weight excluding hydrogens is 304 g/mol. The number of rotatable bonds is 3. The summed E-state index contributed by atoms with van der Waals surface area (Å²) in [4.78, 5) is 11.8. The van der Waals surface area contributed by atoms with Crippen LogP contribution in [0.5, 0.6) is 0 Å². The van der Waals surface area contributed by atoms with Gasteiger partial charge in [0.2, 0.25) is 0 Å². The Kier molecular flexibility index (Phi) is 3.38. The van der Waals surface area contributed by atoms with Gasteiger partial charge in [-0.1, -0.05) is 12.1 Å². The van der Waals surface area contributed by atoms with Crippen molar-refractivity contribution in [1.82, 2.24) is 19.5 Å². The number of para-hydroxylation sites is 1. The quantitative estimate of drug-likeness (QED) is 0.752. The van der Waals surface area contributed by atoms with E-state index in [-0.39, 0.29) is 17.7 Å². The number of halogens is 2. The van der Waals surface area contributed by atoms with Crippen molar-refractivity contribution in [2.45, 2.75) is 19.1 Å². The standard InChI is InChI=1S/C15H13F2N5O/c16-9-4-1-2-5-10(9)19-13-12-14(21-15(17)20-13)22(8-18-12)11-6-3-7-23-11/h1-2,4-5,8,11H,3,6-7H2,(H,19,20,21). The van der Waals surface area contributed by atoms with Gasteiger partial charge in [-0.15, -0.1) is 0 Å². The Morgan fingerprint density at radius 3 is 2.87 bits per heavy atom. The van der Waals surface area contributed by atoms with Crippen LogP contribution < -0.4 is 5.32 Å². The molecule has 0 saturated carbocycles. The van der Waals surface area contributed by atoms with Gasteiger partial charge in [0.05, 0.1) is 12.0 Å². The van der Waals surface area contributed by atoms with E-state index in [2.05, 4.69) is 20.3 Å². The van der Waals surface area contributed by atoms with E-state index in [4.69, 9.17) is 4.74 Å². The van der Waals surface area contributed by atoms with Gasteiger partial charge >= 0.3 is 6.08 Å². The first-order valence-electron chi connectivity index (χ1n) is 7.25. The first kappa shape index (κ1) is 14.0. The fourth-order valence-corrected chi connectivity index (χ4v) is 2.66. The largest absolute Gasteiger partial charge is 0.358 e. The van der Waals surface area contributed by atoms with Crippen LogP contribution in [0.15, 0.2) is 30.6 Å². The van der Waals surface area contributed by atoms with E-state index >= 15 is 0 Å². The summed E-state index contributed by atoms with van der Waals surface area (Å²) in [5.74, 6) is -0.340. The molecule has 8 heteroatoms. The highest BCUT2D eigenvalue weighted by Gasteiger charge is 2.22. The maximum absolute atomic E-state index is 13.8. The minimum absolute atomic E-state index is 0.120. The maximum Gasteiger partial charge on any atom is 0.312 e. The third-order valence-corrected chi connectivity index (χ3v) is 3.74. The Morgan fingerprint density at radius 2 is 2.09 bits per heavy atom. The molecule has 0 aliphatic carbocycles. The molecule has 1 unspecified atom stereocenters. The van der Waals surface area contributed by atoms with Crippen LogP contribution in [0.3, 0.4) is 0 Å². The van der Waals surface area contributed by atoms with Crippen LogP contribution in [0.25, 0.3) is 11.2 Å². The molecule has 2 aromatic heterocycles. The van der Waals surface area contributed by atoms with Crippen LogP contribution in [0, 0.1) is 11.9 Å². The molecule has 4 rings (SSSR count). The lowest BCUT2D eigenvalue weighted by Crippen LogP contribution is -2.08. The Hall–Kier alpha value is -2.61. The van der Waals surface area contributed by atoms with Gasteiger partial charge < -0.3 is 10.1 Å². The Labute approximate surface area is 130 Å². The molecule has 3 aromatic rings. The average molecular weight is 317 g/mol. The van der Waals surface area contributed by atoms with Crippen LogP contribution in [-0.2, 0) is 4.74 Å². The predicted octanol–water partition coefficient (Wildman–Crippen LogP) is 3.16. The monoisotopic (exact) mass is 317 g/mol. The summed E-state index contributed by atoms with van der Waals surface area (Å²) in [5, 5.41) is 2.78. The smallest absolute Gasteiger partial charge is 0.312 e. The number of fused-ring (bicyclic) bond motifs is 1.